The van der Waals surface area contributed by atoms with E-state index in [0.717, 1.165) is 10.2 Å². The number of aromatic nitrogens is 1. The monoisotopic (exact) mass is 364 g/mol. The van der Waals surface area contributed by atoms with Gasteiger partial charge < -0.3 is 5.73 Å². The number of para-hydroxylation sites is 2. The number of carbonyl (C=O) groups is 1. The van der Waals surface area contributed by atoms with Crippen molar-refractivity contribution in [3.05, 3.63) is 57.5 Å². The van der Waals surface area contributed by atoms with Gasteiger partial charge in [0.1, 0.15) is 0 Å². The van der Waals surface area contributed by atoms with E-state index in [1.807, 2.05) is 24.3 Å². The fraction of sp³-hybridized carbons (Fsp3) is 0. The standard InChI is InChI=1S/C15H10Cl2N4OS/c16-8-4-3-5-9(17)12(8)20-21-13(14(18)22)15-19-10-6-1-2-7-11(10)23-15/h1-7,20H,(H2,18,22)/b21-13-. The Labute approximate surface area is 145 Å². The number of thiazole rings is 1. The molecule has 8 heteroatoms. The predicted molar refractivity (Wildman–Crippen MR) is 95.4 cm³/mol. The van der Waals surface area contributed by atoms with Crippen LogP contribution >= 0.6 is 34.5 Å². The Balaban J connectivity index is 2.00. The van der Waals surface area contributed by atoms with E-state index in [4.69, 9.17) is 28.9 Å². The first-order chi connectivity index (χ1) is 11.1. The first kappa shape index (κ1) is 15.7. The van der Waals surface area contributed by atoms with Crippen molar-refractivity contribution in [1.82, 2.24) is 4.98 Å². The maximum absolute atomic E-state index is 11.7. The molecule has 23 heavy (non-hydrogen) atoms. The fourth-order valence-corrected chi connectivity index (χ4v) is 3.34. The van der Waals surface area contributed by atoms with Gasteiger partial charge in [0, 0.05) is 0 Å². The number of hydrogen-bond acceptors (Lipinski definition) is 5. The van der Waals surface area contributed by atoms with E-state index in [-0.39, 0.29) is 5.71 Å². The number of hydrazone groups is 1. The van der Waals surface area contributed by atoms with Crippen LogP contribution in [0, 0.1) is 0 Å². The summed E-state index contributed by atoms with van der Waals surface area (Å²) in [6.07, 6.45) is 0. The van der Waals surface area contributed by atoms with Gasteiger partial charge in [-0.3, -0.25) is 10.2 Å². The van der Waals surface area contributed by atoms with Crippen LogP contribution in [-0.2, 0) is 4.79 Å². The number of fused-ring (bicyclic) bond motifs is 1. The molecular formula is C15H10Cl2N4OS. The van der Waals surface area contributed by atoms with Crippen LogP contribution in [0.1, 0.15) is 5.01 Å². The summed E-state index contributed by atoms with van der Waals surface area (Å²) in [5, 5.41) is 5.24. The minimum absolute atomic E-state index is 0.0159. The smallest absolute Gasteiger partial charge is 0.272 e. The maximum Gasteiger partial charge on any atom is 0.272 e. The highest BCUT2D eigenvalue weighted by atomic mass is 35.5. The highest BCUT2D eigenvalue weighted by Gasteiger charge is 2.16. The third-order valence-corrected chi connectivity index (χ3v) is 4.65. The zero-order chi connectivity index (χ0) is 16.4. The molecular weight excluding hydrogens is 355 g/mol. The number of carbonyl (C=O) groups excluding carboxylic acids is 1. The summed E-state index contributed by atoms with van der Waals surface area (Å²) >= 11 is 13.4. The molecule has 0 atom stereocenters. The number of nitrogens with zero attached hydrogens (tertiary/aromatic N) is 2. The number of primary amides is 1. The quantitative estimate of drug-likeness (QED) is 0.544. The van der Waals surface area contributed by atoms with Crippen molar-refractivity contribution in [3.63, 3.8) is 0 Å². The van der Waals surface area contributed by atoms with Gasteiger partial charge in [-0.1, -0.05) is 41.4 Å². The van der Waals surface area contributed by atoms with Crippen molar-refractivity contribution in [3.8, 4) is 0 Å². The van der Waals surface area contributed by atoms with Gasteiger partial charge in [-0.15, -0.1) is 11.3 Å². The molecule has 0 unspecified atom stereocenters. The van der Waals surface area contributed by atoms with Gasteiger partial charge in [-0.05, 0) is 24.3 Å². The molecule has 0 saturated heterocycles. The summed E-state index contributed by atoms with van der Waals surface area (Å²) in [6.45, 7) is 0. The van der Waals surface area contributed by atoms with Gasteiger partial charge in [-0.25, -0.2) is 4.98 Å². The normalized spacial score (nSPS) is 11.7. The Hall–Kier alpha value is -2.15. The molecule has 2 aromatic carbocycles. The second-order valence-corrected chi connectivity index (χ2v) is 6.36. The van der Waals surface area contributed by atoms with Crippen LogP contribution in [0.25, 0.3) is 10.2 Å². The summed E-state index contributed by atoms with van der Waals surface area (Å²) in [5.41, 5.74) is 9.31. The summed E-state index contributed by atoms with van der Waals surface area (Å²) in [5.74, 6) is -0.695. The Bertz CT molecular complexity index is 869. The average molecular weight is 365 g/mol. The highest BCUT2D eigenvalue weighted by molar-refractivity contribution is 7.21. The van der Waals surface area contributed by atoms with E-state index in [1.54, 1.807) is 18.2 Å². The second kappa shape index (κ2) is 6.54. The Morgan fingerprint density at radius 2 is 1.83 bits per heavy atom. The zero-order valence-electron chi connectivity index (χ0n) is 11.6. The van der Waals surface area contributed by atoms with Gasteiger partial charge >= 0.3 is 0 Å². The Kier molecular flexibility index (Phi) is 4.47. The number of anilines is 1. The lowest BCUT2D eigenvalue weighted by atomic mass is 10.3. The van der Waals surface area contributed by atoms with Gasteiger partial charge in [0.15, 0.2) is 10.7 Å². The van der Waals surface area contributed by atoms with Crippen LogP contribution in [0.3, 0.4) is 0 Å². The van der Waals surface area contributed by atoms with Crippen LogP contribution in [0.5, 0.6) is 0 Å². The Morgan fingerprint density at radius 1 is 1.13 bits per heavy atom. The molecule has 0 aliphatic heterocycles. The fourth-order valence-electron chi connectivity index (χ4n) is 1.90. The molecule has 0 saturated carbocycles. The largest absolute Gasteiger partial charge is 0.364 e. The first-order valence-electron chi connectivity index (χ1n) is 6.49. The SMILES string of the molecule is NC(=O)/C(=N/Nc1c(Cl)cccc1Cl)c1nc2ccccc2s1. The van der Waals surface area contributed by atoms with Crippen molar-refractivity contribution in [2.24, 2.45) is 10.8 Å². The molecule has 3 rings (SSSR count). The maximum atomic E-state index is 11.7. The van der Waals surface area contributed by atoms with E-state index in [0.29, 0.717) is 20.7 Å². The van der Waals surface area contributed by atoms with Gasteiger partial charge in [0.05, 0.1) is 25.9 Å². The lowest BCUT2D eigenvalue weighted by Gasteiger charge is -2.06. The Morgan fingerprint density at radius 3 is 2.48 bits per heavy atom. The van der Waals surface area contributed by atoms with Gasteiger partial charge in [0.2, 0.25) is 0 Å². The van der Waals surface area contributed by atoms with Crippen LogP contribution < -0.4 is 11.2 Å². The van der Waals surface area contributed by atoms with E-state index in [1.165, 1.54) is 11.3 Å². The molecule has 0 bridgehead atoms. The molecule has 1 amide bonds. The molecule has 3 aromatic rings. The molecule has 116 valence electrons. The summed E-state index contributed by atoms with van der Waals surface area (Å²) in [4.78, 5) is 16.1. The molecule has 0 spiro atoms. The lowest BCUT2D eigenvalue weighted by Crippen LogP contribution is -2.25. The van der Waals surface area contributed by atoms with Crippen LogP contribution in [0.4, 0.5) is 5.69 Å². The molecule has 5 nitrogen and oxygen atoms in total. The topological polar surface area (TPSA) is 80.4 Å². The number of hydrogen-bond donors (Lipinski definition) is 2. The minimum atomic E-state index is -0.695. The second-order valence-electron chi connectivity index (χ2n) is 4.52. The summed E-state index contributed by atoms with van der Waals surface area (Å²) < 4.78 is 0.937. The molecule has 3 N–H and O–H groups in total. The summed E-state index contributed by atoms with van der Waals surface area (Å²) in [7, 11) is 0. The highest BCUT2D eigenvalue weighted by Crippen LogP contribution is 2.30. The van der Waals surface area contributed by atoms with Crippen LogP contribution in [0.2, 0.25) is 10.0 Å². The van der Waals surface area contributed by atoms with Gasteiger partial charge in [-0.2, -0.15) is 5.10 Å². The lowest BCUT2D eigenvalue weighted by molar-refractivity contribution is -0.111. The van der Waals surface area contributed by atoms with E-state index in [2.05, 4.69) is 15.5 Å². The number of amides is 1. The zero-order valence-corrected chi connectivity index (χ0v) is 13.9. The third-order valence-electron chi connectivity index (χ3n) is 2.97. The first-order valence-corrected chi connectivity index (χ1v) is 8.07. The van der Waals surface area contributed by atoms with Crippen molar-refractivity contribution < 1.29 is 4.79 Å². The van der Waals surface area contributed by atoms with Crippen molar-refractivity contribution in [1.29, 1.82) is 0 Å². The molecule has 0 aliphatic carbocycles. The number of nitrogens with two attached hydrogens (primary N) is 1. The molecule has 1 heterocycles. The molecule has 0 radical (unpaired) electrons. The predicted octanol–water partition coefficient (Wildman–Crippen LogP) is 3.90. The average Bonchev–Trinajstić information content (AvgIpc) is 2.93. The van der Waals surface area contributed by atoms with E-state index in [9.17, 15) is 4.79 Å². The number of rotatable bonds is 4. The van der Waals surface area contributed by atoms with Crippen molar-refractivity contribution in [2.75, 3.05) is 5.43 Å². The number of benzene rings is 2. The van der Waals surface area contributed by atoms with Crippen molar-refractivity contribution in [2.45, 2.75) is 0 Å². The van der Waals surface area contributed by atoms with Crippen LogP contribution in [0.15, 0.2) is 47.6 Å². The van der Waals surface area contributed by atoms with Gasteiger partial charge in [0.25, 0.3) is 5.91 Å². The molecule has 1 aromatic heterocycles. The molecule has 0 aliphatic rings. The van der Waals surface area contributed by atoms with E-state index < -0.39 is 5.91 Å². The number of halogens is 2. The van der Waals surface area contributed by atoms with Crippen molar-refractivity contribution >= 4 is 62.1 Å². The van der Waals surface area contributed by atoms with E-state index >= 15 is 0 Å². The van der Waals surface area contributed by atoms with Crippen LogP contribution in [-0.4, -0.2) is 16.6 Å². The molecule has 0 fully saturated rings. The third kappa shape index (κ3) is 3.29. The number of nitrogens with one attached hydrogen (secondary N) is 1. The summed E-state index contributed by atoms with van der Waals surface area (Å²) in [6, 6.07) is 12.6. The minimum Gasteiger partial charge on any atom is -0.364 e.